The van der Waals surface area contributed by atoms with Crippen LogP contribution in [0.1, 0.15) is 69.0 Å². The van der Waals surface area contributed by atoms with Crippen molar-refractivity contribution in [2.24, 2.45) is 0 Å². The van der Waals surface area contributed by atoms with Crippen molar-refractivity contribution in [3.8, 4) is 0 Å². The number of hydrogen-bond donors (Lipinski definition) is 1. The summed E-state index contributed by atoms with van der Waals surface area (Å²) in [4.78, 5) is 5.29. The molecule has 0 spiro atoms. The molecule has 1 aromatic heterocycles. The molecule has 0 radical (unpaired) electrons. The third-order valence-corrected chi connectivity index (χ3v) is 6.12. The topological polar surface area (TPSA) is 19.0 Å². The Balaban J connectivity index is 1.96. The Morgan fingerprint density at radius 1 is 1.13 bits per heavy atom. The summed E-state index contributed by atoms with van der Waals surface area (Å²) < 4.78 is 45.5. The summed E-state index contributed by atoms with van der Waals surface area (Å²) in [6, 6.07) is 9.95. The summed E-state index contributed by atoms with van der Waals surface area (Å²) in [5.74, 6) is -1.15. The fourth-order valence-corrected chi connectivity index (χ4v) is 4.70. The molecule has 2 heterocycles. The quantitative estimate of drug-likeness (QED) is 0.506. The summed E-state index contributed by atoms with van der Waals surface area (Å²) >= 11 is 0. The average molecular weight is 415 g/mol. The van der Waals surface area contributed by atoms with E-state index in [0.29, 0.717) is 12.0 Å². The number of nitrogens with one attached hydrogen (secondary N) is 1. The fourth-order valence-electron chi connectivity index (χ4n) is 4.70. The summed E-state index contributed by atoms with van der Waals surface area (Å²) in [5.41, 5.74) is 1.85. The number of alkyl halides is 1. The van der Waals surface area contributed by atoms with Gasteiger partial charge < -0.3 is 4.98 Å². The highest BCUT2D eigenvalue weighted by Crippen LogP contribution is 2.43. The van der Waals surface area contributed by atoms with Gasteiger partial charge in [0.2, 0.25) is 0 Å². The minimum absolute atomic E-state index is 0.0111. The molecule has 30 heavy (non-hydrogen) atoms. The first-order valence-electron chi connectivity index (χ1n) is 10.6. The zero-order valence-electron chi connectivity index (χ0n) is 18.2. The molecule has 1 aliphatic rings. The fraction of sp³-hybridized carbons (Fsp3) is 0.440. The second-order valence-corrected chi connectivity index (χ2v) is 9.46. The van der Waals surface area contributed by atoms with Crippen molar-refractivity contribution in [1.29, 1.82) is 0 Å². The Bertz CT molecular complexity index is 1050. The average Bonchev–Trinajstić information content (AvgIpc) is 3.00. The van der Waals surface area contributed by atoms with Gasteiger partial charge >= 0.3 is 0 Å². The van der Waals surface area contributed by atoms with Gasteiger partial charge in [0.1, 0.15) is 17.3 Å². The number of H-pyrrole nitrogens is 1. The highest BCUT2D eigenvalue weighted by atomic mass is 19.1. The molecule has 4 rings (SSSR count). The molecule has 0 saturated carbocycles. The van der Waals surface area contributed by atoms with Crippen molar-refractivity contribution in [2.45, 2.75) is 64.7 Å². The van der Waals surface area contributed by atoms with E-state index < -0.39 is 23.3 Å². The van der Waals surface area contributed by atoms with Crippen molar-refractivity contribution >= 4 is 10.9 Å². The first-order chi connectivity index (χ1) is 14.1. The van der Waals surface area contributed by atoms with Crippen molar-refractivity contribution in [1.82, 2.24) is 9.88 Å². The third kappa shape index (κ3) is 3.64. The molecule has 1 N–H and O–H groups in total. The van der Waals surface area contributed by atoms with Gasteiger partial charge in [-0.05, 0) is 62.4 Å². The van der Waals surface area contributed by atoms with Gasteiger partial charge in [0.15, 0.2) is 0 Å². The van der Waals surface area contributed by atoms with Crippen LogP contribution in [0.2, 0.25) is 0 Å². The standard InChI is InChI=1S/C25H29F3N2/c1-14(2)16-11-19(26)22(20(27)12-16)24-23-18(17-8-6-7-9-21(17)29-23)10-15(3)30(24)13-25(4,5)28/h6-9,11-12,14-15,24,29H,10,13H2,1-5H3. The lowest BCUT2D eigenvalue weighted by Crippen LogP contribution is -2.48. The van der Waals surface area contributed by atoms with Crippen LogP contribution in [0.5, 0.6) is 0 Å². The Hall–Kier alpha value is -2.27. The van der Waals surface area contributed by atoms with Crippen LogP contribution < -0.4 is 0 Å². The molecule has 0 amide bonds. The van der Waals surface area contributed by atoms with Gasteiger partial charge in [0.05, 0.1) is 6.04 Å². The zero-order valence-corrected chi connectivity index (χ0v) is 18.2. The van der Waals surface area contributed by atoms with Crippen LogP contribution in [-0.4, -0.2) is 28.1 Å². The van der Waals surface area contributed by atoms with Crippen LogP contribution in [0, 0.1) is 11.6 Å². The van der Waals surface area contributed by atoms with E-state index in [2.05, 4.69) is 4.98 Å². The van der Waals surface area contributed by atoms with Gasteiger partial charge in [-0.15, -0.1) is 0 Å². The normalized spacial score (nSPS) is 20.2. The van der Waals surface area contributed by atoms with Gasteiger partial charge in [0.25, 0.3) is 0 Å². The number of benzene rings is 2. The minimum Gasteiger partial charge on any atom is -0.357 e. The molecular formula is C25H29F3N2. The van der Waals surface area contributed by atoms with E-state index in [-0.39, 0.29) is 24.1 Å². The molecule has 160 valence electrons. The molecule has 2 nitrogen and oxygen atoms in total. The number of aromatic nitrogens is 1. The summed E-state index contributed by atoms with van der Waals surface area (Å²) in [5, 5.41) is 1.06. The van der Waals surface area contributed by atoms with Gasteiger partial charge in [0, 0.05) is 34.7 Å². The van der Waals surface area contributed by atoms with E-state index in [9.17, 15) is 4.39 Å². The molecular weight excluding hydrogens is 385 g/mol. The molecule has 1 aliphatic heterocycles. The van der Waals surface area contributed by atoms with E-state index in [4.69, 9.17) is 0 Å². The predicted molar refractivity (Wildman–Crippen MR) is 116 cm³/mol. The van der Waals surface area contributed by atoms with Gasteiger partial charge in [-0.1, -0.05) is 32.0 Å². The number of para-hydroxylation sites is 1. The Morgan fingerprint density at radius 3 is 2.37 bits per heavy atom. The second kappa shape index (κ2) is 7.45. The lowest BCUT2D eigenvalue weighted by Gasteiger charge is -2.43. The summed E-state index contributed by atoms with van der Waals surface area (Å²) in [6.45, 7) is 8.91. The zero-order chi connectivity index (χ0) is 21.8. The van der Waals surface area contributed by atoms with Gasteiger partial charge in [-0.3, -0.25) is 4.90 Å². The van der Waals surface area contributed by atoms with Crippen LogP contribution in [0.3, 0.4) is 0 Å². The van der Waals surface area contributed by atoms with E-state index in [0.717, 1.165) is 22.2 Å². The summed E-state index contributed by atoms with van der Waals surface area (Å²) in [7, 11) is 0. The highest BCUT2D eigenvalue weighted by molar-refractivity contribution is 5.85. The Kier molecular flexibility index (Phi) is 5.21. The first kappa shape index (κ1) is 21.0. The molecule has 0 fully saturated rings. The van der Waals surface area contributed by atoms with E-state index in [1.807, 2.05) is 49.9 Å². The van der Waals surface area contributed by atoms with Gasteiger partial charge in [-0.25, -0.2) is 13.2 Å². The Morgan fingerprint density at radius 2 is 1.77 bits per heavy atom. The number of nitrogens with zero attached hydrogens (tertiary/aromatic N) is 1. The molecule has 0 bridgehead atoms. The van der Waals surface area contributed by atoms with Gasteiger partial charge in [-0.2, -0.15) is 0 Å². The SMILES string of the molecule is CC(C)c1cc(F)c(C2c3[nH]c4ccccc4c3CC(C)N2CC(C)(C)F)c(F)c1. The van der Waals surface area contributed by atoms with E-state index in [1.54, 1.807) is 0 Å². The maximum Gasteiger partial charge on any atom is 0.131 e. The smallest absolute Gasteiger partial charge is 0.131 e. The van der Waals surface area contributed by atoms with E-state index in [1.165, 1.54) is 26.0 Å². The predicted octanol–water partition coefficient (Wildman–Crippen LogP) is 6.65. The van der Waals surface area contributed by atoms with Crippen LogP contribution in [0.15, 0.2) is 36.4 Å². The Labute approximate surface area is 176 Å². The number of rotatable bonds is 4. The second-order valence-electron chi connectivity index (χ2n) is 9.46. The van der Waals surface area contributed by atoms with Crippen LogP contribution in [-0.2, 0) is 6.42 Å². The number of hydrogen-bond acceptors (Lipinski definition) is 1. The van der Waals surface area contributed by atoms with Crippen LogP contribution in [0.25, 0.3) is 10.9 Å². The molecule has 2 atom stereocenters. The number of fused-ring (bicyclic) bond motifs is 3. The number of aromatic amines is 1. The van der Waals surface area contributed by atoms with Crippen LogP contribution >= 0.6 is 0 Å². The van der Waals surface area contributed by atoms with Crippen molar-refractivity contribution in [2.75, 3.05) is 6.54 Å². The molecule has 2 unspecified atom stereocenters. The summed E-state index contributed by atoms with van der Waals surface area (Å²) in [6.07, 6.45) is 0.694. The lowest BCUT2D eigenvalue weighted by atomic mass is 9.86. The number of halogens is 3. The molecule has 2 aromatic carbocycles. The highest BCUT2D eigenvalue weighted by Gasteiger charge is 2.40. The van der Waals surface area contributed by atoms with E-state index >= 15 is 8.78 Å². The lowest BCUT2D eigenvalue weighted by molar-refractivity contribution is 0.0642. The largest absolute Gasteiger partial charge is 0.357 e. The maximum absolute atomic E-state index is 15.4. The molecule has 5 heteroatoms. The van der Waals surface area contributed by atoms with Crippen molar-refractivity contribution < 1.29 is 13.2 Å². The van der Waals surface area contributed by atoms with Crippen molar-refractivity contribution in [3.63, 3.8) is 0 Å². The van der Waals surface area contributed by atoms with Crippen molar-refractivity contribution in [3.05, 3.63) is 70.4 Å². The monoisotopic (exact) mass is 414 g/mol. The third-order valence-electron chi connectivity index (χ3n) is 6.12. The van der Waals surface area contributed by atoms with Crippen LogP contribution in [0.4, 0.5) is 13.2 Å². The first-order valence-corrected chi connectivity index (χ1v) is 10.6. The molecule has 3 aromatic rings. The maximum atomic E-state index is 15.4. The molecule has 0 aliphatic carbocycles. The molecule has 0 saturated heterocycles. The minimum atomic E-state index is -1.50.